The number of rotatable bonds is 2. The van der Waals surface area contributed by atoms with E-state index in [1.807, 2.05) is 0 Å². The van der Waals surface area contributed by atoms with Gasteiger partial charge >= 0.3 is 0 Å². The first-order valence-electron chi connectivity index (χ1n) is 5.85. The summed E-state index contributed by atoms with van der Waals surface area (Å²) < 4.78 is 31.4. The van der Waals surface area contributed by atoms with Crippen molar-refractivity contribution in [1.29, 1.82) is 0 Å². The summed E-state index contributed by atoms with van der Waals surface area (Å²) in [4.78, 5) is 3.91. The molecule has 1 heterocycles. The van der Waals surface area contributed by atoms with E-state index < -0.39 is 11.6 Å². The zero-order valence-electron chi connectivity index (χ0n) is 10.2. The van der Waals surface area contributed by atoms with Crippen molar-refractivity contribution in [3.8, 4) is 5.95 Å². The SMILES string of the molecule is Oc1oc(C=Nc2ccc(F)cc2F)c2ccccc12. The third-order valence-electron chi connectivity index (χ3n) is 2.86. The maximum Gasteiger partial charge on any atom is 0.290 e. The van der Waals surface area contributed by atoms with Crippen LogP contribution in [-0.2, 0) is 0 Å². The largest absolute Gasteiger partial charge is 0.480 e. The van der Waals surface area contributed by atoms with E-state index >= 15 is 0 Å². The molecule has 0 atom stereocenters. The van der Waals surface area contributed by atoms with Crippen LogP contribution >= 0.6 is 0 Å². The molecule has 3 rings (SSSR count). The number of nitrogens with zero attached hydrogens (tertiary/aromatic N) is 1. The first-order chi connectivity index (χ1) is 9.65. The van der Waals surface area contributed by atoms with Crippen molar-refractivity contribution < 1.29 is 18.3 Å². The summed E-state index contributed by atoms with van der Waals surface area (Å²) in [5, 5.41) is 10.8. The van der Waals surface area contributed by atoms with Gasteiger partial charge in [-0.15, -0.1) is 0 Å². The first-order valence-corrected chi connectivity index (χ1v) is 5.85. The second-order valence-electron chi connectivity index (χ2n) is 4.17. The normalized spacial score (nSPS) is 11.5. The van der Waals surface area contributed by atoms with Gasteiger partial charge in [-0.1, -0.05) is 18.2 Å². The Morgan fingerprint density at radius 1 is 1.05 bits per heavy atom. The number of hydrogen-bond acceptors (Lipinski definition) is 3. The monoisotopic (exact) mass is 273 g/mol. The molecule has 0 spiro atoms. The predicted octanol–water partition coefficient (Wildman–Crippen LogP) is 4.17. The molecular weight excluding hydrogens is 264 g/mol. The molecule has 0 aliphatic heterocycles. The van der Waals surface area contributed by atoms with Crippen LogP contribution in [0.15, 0.2) is 51.9 Å². The molecule has 0 aliphatic rings. The van der Waals surface area contributed by atoms with Crippen LogP contribution in [0.5, 0.6) is 5.95 Å². The number of aromatic hydroxyl groups is 1. The summed E-state index contributed by atoms with van der Waals surface area (Å²) in [6, 6.07) is 10.1. The fourth-order valence-corrected chi connectivity index (χ4v) is 1.91. The summed E-state index contributed by atoms with van der Waals surface area (Å²) in [6.45, 7) is 0. The molecule has 0 saturated heterocycles. The standard InChI is InChI=1S/C15H9F2NO2/c16-9-5-6-13(12(17)7-9)18-8-14-10-3-1-2-4-11(10)15(19)20-14/h1-8,19H. The maximum absolute atomic E-state index is 13.4. The van der Waals surface area contributed by atoms with Crippen LogP contribution < -0.4 is 0 Å². The number of aliphatic imine (C=N–C) groups is 1. The molecule has 1 N–H and O–H groups in total. The van der Waals surface area contributed by atoms with Gasteiger partial charge in [-0.2, -0.15) is 0 Å². The molecule has 2 aromatic carbocycles. The van der Waals surface area contributed by atoms with Crippen LogP contribution in [0, 0.1) is 11.6 Å². The quantitative estimate of drug-likeness (QED) is 0.712. The van der Waals surface area contributed by atoms with Crippen LogP contribution in [-0.4, -0.2) is 11.3 Å². The van der Waals surface area contributed by atoms with Gasteiger partial charge in [0.2, 0.25) is 0 Å². The molecule has 3 aromatic rings. The van der Waals surface area contributed by atoms with Crippen molar-refractivity contribution in [3.05, 3.63) is 59.9 Å². The van der Waals surface area contributed by atoms with E-state index in [2.05, 4.69) is 4.99 Å². The summed E-state index contributed by atoms with van der Waals surface area (Å²) in [5.41, 5.74) is -0.00799. The second-order valence-corrected chi connectivity index (χ2v) is 4.17. The van der Waals surface area contributed by atoms with E-state index in [1.165, 1.54) is 12.3 Å². The van der Waals surface area contributed by atoms with Crippen LogP contribution in [0.3, 0.4) is 0 Å². The summed E-state index contributed by atoms with van der Waals surface area (Å²) >= 11 is 0. The van der Waals surface area contributed by atoms with Gasteiger partial charge in [0, 0.05) is 11.5 Å². The predicted molar refractivity (Wildman–Crippen MR) is 71.5 cm³/mol. The highest BCUT2D eigenvalue weighted by Gasteiger charge is 2.10. The van der Waals surface area contributed by atoms with Crippen molar-refractivity contribution in [2.45, 2.75) is 0 Å². The Morgan fingerprint density at radius 2 is 1.80 bits per heavy atom. The summed E-state index contributed by atoms with van der Waals surface area (Å²) in [5.74, 6) is -1.34. The average Bonchev–Trinajstić information content (AvgIpc) is 2.75. The second kappa shape index (κ2) is 4.77. The van der Waals surface area contributed by atoms with E-state index in [9.17, 15) is 13.9 Å². The van der Waals surface area contributed by atoms with E-state index in [-0.39, 0.29) is 11.6 Å². The molecule has 0 bridgehead atoms. The molecule has 0 saturated carbocycles. The number of fused-ring (bicyclic) bond motifs is 1. The van der Waals surface area contributed by atoms with E-state index in [4.69, 9.17) is 4.42 Å². The summed E-state index contributed by atoms with van der Waals surface area (Å²) in [7, 11) is 0. The lowest BCUT2D eigenvalue weighted by Crippen LogP contribution is -1.81. The summed E-state index contributed by atoms with van der Waals surface area (Å²) in [6.07, 6.45) is 1.29. The molecule has 100 valence electrons. The minimum Gasteiger partial charge on any atom is -0.480 e. The van der Waals surface area contributed by atoms with Gasteiger partial charge in [0.15, 0.2) is 11.6 Å². The third kappa shape index (κ3) is 2.14. The number of halogens is 2. The van der Waals surface area contributed by atoms with Crippen molar-refractivity contribution in [1.82, 2.24) is 0 Å². The van der Waals surface area contributed by atoms with Crippen LogP contribution in [0.1, 0.15) is 5.76 Å². The maximum atomic E-state index is 13.4. The highest BCUT2D eigenvalue weighted by molar-refractivity contribution is 6.00. The zero-order chi connectivity index (χ0) is 14.1. The average molecular weight is 273 g/mol. The molecule has 0 unspecified atom stereocenters. The number of benzene rings is 2. The Labute approximate surface area is 112 Å². The van der Waals surface area contributed by atoms with Crippen molar-refractivity contribution in [3.63, 3.8) is 0 Å². The van der Waals surface area contributed by atoms with Crippen molar-refractivity contribution in [2.75, 3.05) is 0 Å². The van der Waals surface area contributed by atoms with Crippen LogP contribution in [0.2, 0.25) is 0 Å². The lowest BCUT2D eigenvalue weighted by atomic mass is 10.2. The molecule has 0 fully saturated rings. The first kappa shape index (κ1) is 12.3. The fourth-order valence-electron chi connectivity index (χ4n) is 1.91. The minimum absolute atomic E-state index is 0.00799. The van der Waals surface area contributed by atoms with Gasteiger partial charge in [-0.3, -0.25) is 0 Å². The Hall–Kier alpha value is -2.69. The van der Waals surface area contributed by atoms with Gasteiger partial charge in [-0.05, 0) is 18.2 Å². The highest BCUT2D eigenvalue weighted by Crippen LogP contribution is 2.30. The fraction of sp³-hybridized carbons (Fsp3) is 0. The van der Waals surface area contributed by atoms with Crippen molar-refractivity contribution in [2.24, 2.45) is 4.99 Å². The third-order valence-corrected chi connectivity index (χ3v) is 2.86. The Balaban J connectivity index is 2.02. The molecule has 0 aliphatic carbocycles. The molecule has 3 nitrogen and oxygen atoms in total. The smallest absolute Gasteiger partial charge is 0.290 e. The van der Waals surface area contributed by atoms with Gasteiger partial charge in [0.1, 0.15) is 5.82 Å². The van der Waals surface area contributed by atoms with E-state index in [0.717, 1.165) is 12.1 Å². The molecular formula is C15H9F2NO2. The van der Waals surface area contributed by atoms with Crippen LogP contribution in [0.25, 0.3) is 10.8 Å². The Kier molecular flexibility index (Phi) is 2.95. The van der Waals surface area contributed by atoms with Gasteiger partial charge in [-0.25, -0.2) is 13.8 Å². The minimum atomic E-state index is -0.763. The molecule has 1 aromatic heterocycles. The molecule has 0 radical (unpaired) electrons. The number of hydrogen-bond donors (Lipinski definition) is 1. The lowest BCUT2D eigenvalue weighted by molar-refractivity contribution is 0.336. The molecule has 20 heavy (non-hydrogen) atoms. The molecule has 0 amide bonds. The van der Waals surface area contributed by atoms with Gasteiger partial charge in [0.25, 0.3) is 5.95 Å². The van der Waals surface area contributed by atoms with Crippen LogP contribution in [0.4, 0.5) is 14.5 Å². The lowest BCUT2D eigenvalue weighted by Gasteiger charge is -1.95. The van der Waals surface area contributed by atoms with E-state index in [1.54, 1.807) is 24.3 Å². The zero-order valence-corrected chi connectivity index (χ0v) is 10.2. The Bertz CT molecular complexity index is 809. The highest BCUT2D eigenvalue weighted by atomic mass is 19.1. The topological polar surface area (TPSA) is 45.7 Å². The van der Waals surface area contributed by atoms with Gasteiger partial charge in [0.05, 0.1) is 17.3 Å². The number of furan rings is 1. The van der Waals surface area contributed by atoms with Gasteiger partial charge < -0.3 is 9.52 Å². The Morgan fingerprint density at radius 3 is 2.55 bits per heavy atom. The van der Waals surface area contributed by atoms with Crippen molar-refractivity contribution >= 4 is 22.7 Å². The molecule has 5 heteroatoms. The van der Waals surface area contributed by atoms with E-state index in [0.29, 0.717) is 16.5 Å².